The fraction of sp³-hybridized carbons (Fsp3) is 0.348. The Morgan fingerprint density at radius 2 is 1.85 bits per heavy atom. The summed E-state index contributed by atoms with van der Waals surface area (Å²) < 4.78 is 5.18. The van der Waals surface area contributed by atoms with Crippen molar-refractivity contribution in [2.45, 2.75) is 32.2 Å². The van der Waals surface area contributed by atoms with Crippen LogP contribution in [-0.2, 0) is 6.54 Å². The smallest absolute Gasteiger partial charge is 0.163 e. The van der Waals surface area contributed by atoms with Gasteiger partial charge in [0, 0.05) is 24.1 Å². The molecule has 134 valence electrons. The van der Waals surface area contributed by atoms with Gasteiger partial charge in [0.15, 0.2) is 5.78 Å². The Hall–Kier alpha value is -2.39. The van der Waals surface area contributed by atoms with Gasteiger partial charge < -0.3 is 4.42 Å². The highest BCUT2D eigenvalue weighted by Crippen LogP contribution is 2.30. The van der Waals surface area contributed by atoms with Crippen molar-refractivity contribution in [3.63, 3.8) is 0 Å². The lowest BCUT2D eigenvalue weighted by atomic mass is 9.90. The molecule has 1 aromatic rings. The summed E-state index contributed by atoms with van der Waals surface area (Å²) in [6.07, 6.45) is 7.38. The van der Waals surface area contributed by atoms with E-state index in [0.29, 0.717) is 12.3 Å². The zero-order valence-corrected chi connectivity index (χ0v) is 15.1. The van der Waals surface area contributed by atoms with Crippen molar-refractivity contribution < 1.29 is 9.21 Å². The van der Waals surface area contributed by atoms with Crippen LogP contribution < -0.4 is 0 Å². The molecular weight excluding hydrogens is 322 g/mol. The van der Waals surface area contributed by atoms with Crippen molar-refractivity contribution in [1.82, 2.24) is 4.90 Å². The van der Waals surface area contributed by atoms with Crippen molar-refractivity contribution in [3.05, 3.63) is 72.2 Å². The van der Waals surface area contributed by atoms with Crippen LogP contribution in [0, 0.1) is 5.92 Å². The molecule has 2 aliphatic heterocycles. The fourth-order valence-electron chi connectivity index (χ4n) is 4.00. The number of piperidine rings is 1. The van der Waals surface area contributed by atoms with E-state index < -0.39 is 0 Å². The quantitative estimate of drug-likeness (QED) is 0.570. The van der Waals surface area contributed by atoms with E-state index >= 15 is 0 Å². The number of carbonyl (C=O) groups excluding carboxylic acids is 1. The molecule has 4 rings (SSSR count). The first kappa shape index (κ1) is 17.0. The summed E-state index contributed by atoms with van der Waals surface area (Å²) in [4.78, 5) is 15.2. The number of hydrogen-bond donors (Lipinski definition) is 0. The third-order valence-electron chi connectivity index (χ3n) is 5.58. The standard InChI is InChI=1S/C23H25NO2/c25-23(22-8-7-20-17-26-15-12-21(20)22)9-6-18-10-13-24(14-11-18)16-19-4-2-1-3-5-19/h1-5,7-8,12,15,17-18H,6,9-11,13-14,16H2. The lowest BCUT2D eigenvalue weighted by Crippen LogP contribution is -2.33. The molecule has 0 spiro atoms. The van der Waals surface area contributed by atoms with Crippen molar-refractivity contribution >= 4 is 5.78 Å². The summed E-state index contributed by atoms with van der Waals surface area (Å²) in [6.45, 7) is 3.31. The van der Waals surface area contributed by atoms with E-state index in [9.17, 15) is 4.79 Å². The van der Waals surface area contributed by atoms with E-state index in [4.69, 9.17) is 4.42 Å². The van der Waals surface area contributed by atoms with Gasteiger partial charge in [0.05, 0.1) is 12.5 Å². The fourth-order valence-corrected chi connectivity index (χ4v) is 4.00. The van der Waals surface area contributed by atoms with E-state index in [1.54, 1.807) is 12.5 Å². The second kappa shape index (κ2) is 7.88. The second-order valence-electron chi connectivity index (χ2n) is 7.34. The van der Waals surface area contributed by atoms with Crippen LogP contribution in [-0.4, -0.2) is 23.8 Å². The molecule has 1 saturated heterocycles. The lowest BCUT2D eigenvalue weighted by Gasteiger charge is -2.32. The summed E-state index contributed by atoms with van der Waals surface area (Å²) in [5, 5.41) is 0. The first-order valence-electron chi connectivity index (χ1n) is 9.54. The molecule has 0 unspecified atom stereocenters. The summed E-state index contributed by atoms with van der Waals surface area (Å²) in [7, 11) is 0. The van der Waals surface area contributed by atoms with Crippen LogP contribution in [0.1, 0.15) is 41.6 Å². The van der Waals surface area contributed by atoms with Gasteiger partial charge in [-0.15, -0.1) is 0 Å². The molecule has 26 heavy (non-hydrogen) atoms. The predicted molar refractivity (Wildman–Crippen MR) is 103 cm³/mol. The topological polar surface area (TPSA) is 33.5 Å². The van der Waals surface area contributed by atoms with Crippen LogP contribution in [0.3, 0.4) is 0 Å². The highest BCUT2D eigenvalue weighted by Gasteiger charge is 2.21. The first-order valence-corrected chi connectivity index (χ1v) is 9.54. The Bertz CT molecular complexity index is 815. The van der Waals surface area contributed by atoms with Crippen LogP contribution in [0.15, 0.2) is 65.5 Å². The van der Waals surface area contributed by atoms with E-state index in [2.05, 4.69) is 35.2 Å². The molecule has 0 radical (unpaired) electrons. The van der Waals surface area contributed by atoms with Gasteiger partial charge in [-0.05, 0) is 55.5 Å². The van der Waals surface area contributed by atoms with Gasteiger partial charge >= 0.3 is 0 Å². The average molecular weight is 347 g/mol. The third kappa shape index (κ3) is 3.88. The van der Waals surface area contributed by atoms with E-state index in [-0.39, 0.29) is 5.78 Å². The molecule has 0 amide bonds. The Kier molecular flexibility index (Phi) is 5.16. The van der Waals surface area contributed by atoms with Gasteiger partial charge in [-0.1, -0.05) is 42.5 Å². The minimum atomic E-state index is 0.262. The molecule has 0 N–H and O–H groups in total. The summed E-state index contributed by atoms with van der Waals surface area (Å²) in [5.41, 5.74) is 4.25. The number of fused-ring (bicyclic) bond motifs is 1. The predicted octanol–water partition coefficient (Wildman–Crippen LogP) is 5.26. The van der Waals surface area contributed by atoms with Gasteiger partial charge in [0.25, 0.3) is 0 Å². The van der Waals surface area contributed by atoms with E-state index in [1.165, 1.54) is 18.4 Å². The molecule has 1 aliphatic carbocycles. The molecule has 3 heteroatoms. The summed E-state index contributed by atoms with van der Waals surface area (Å²) in [6, 6.07) is 16.5. The number of Topliss-reactive ketones (excluding diaryl/α,β-unsaturated/α-hetero) is 1. The van der Waals surface area contributed by atoms with Crippen LogP contribution in [0.5, 0.6) is 0 Å². The van der Waals surface area contributed by atoms with Crippen LogP contribution >= 0.6 is 0 Å². The SMILES string of the molecule is O=C(CCC1CCN(Cc2ccccc2)CC1)c1ccc2coccc1-2. The number of benzene rings is 1. The maximum atomic E-state index is 12.6. The van der Waals surface area contributed by atoms with Crippen LogP contribution in [0.4, 0.5) is 0 Å². The first-order chi connectivity index (χ1) is 12.8. The number of carbonyl (C=O) groups is 1. The Morgan fingerprint density at radius 1 is 1.04 bits per heavy atom. The molecule has 1 fully saturated rings. The molecule has 0 saturated carbocycles. The highest BCUT2D eigenvalue weighted by molar-refractivity contribution is 6.03. The Morgan fingerprint density at radius 3 is 2.65 bits per heavy atom. The minimum absolute atomic E-state index is 0.262. The minimum Gasteiger partial charge on any atom is -0.472 e. The number of hydrogen-bond acceptors (Lipinski definition) is 3. The van der Waals surface area contributed by atoms with E-state index in [1.807, 2.05) is 18.2 Å². The van der Waals surface area contributed by atoms with Gasteiger partial charge in [-0.2, -0.15) is 0 Å². The monoisotopic (exact) mass is 347 g/mol. The maximum absolute atomic E-state index is 12.6. The number of rotatable bonds is 6. The van der Waals surface area contributed by atoms with Crippen molar-refractivity contribution in [1.29, 1.82) is 0 Å². The Balaban J connectivity index is 1.25. The number of ketones is 1. The van der Waals surface area contributed by atoms with Gasteiger partial charge in [0.1, 0.15) is 0 Å². The molecule has 3 nitrogen and oxygen atoms in total. The van der Waals surface area contributed by atoms with Crippen LogP contribution in [0.25, 0.3) is 11.1 Å². The largest absolute Gasteiger partial charge is 0.472 e. The van der Waals surface area contributed by atoms with E-state index in [0.717, 1.165) is 42.7 Å². The van der Waals surface area contributed by atoms with Crippen molar-refractivity contribution in [3.8, 4) is 11.1 Å². The van der Waals surface area contributed by atoms with Gasteiger partial charge in [-0.3, -0.25) is 9.69 Å². The molecule has 0 atom stereocenters. The molecule has 3 aliphatic rings. The maximum Gasteiger partial charge on any atom is 0.163 e. The number of nitrogens with zero attached hydrogens (tertiary/aromatic N) is 1. The Labute approximate surface area is 155 Å². The highest BCUT2D eigenvalue weighted by atomic mass is 16.3. The normalized spacial score (nSPS) is 16.2. The van der Waals surface area contributed by atoms with Gasteiger partial charge in [-0.25, -0.2) is 0 Å². The zero-order valence-electron chi connectivity index (χ0n) is 15.1. The average Bonchev–Trinajstić information content (AvgIpc) is 3.12. The molecule has 1 aromatic carbocycles. The van der Waals surface area contributed by atoms with Crippen molar-refractivity contribution in [2.75, 3.05) is 13.1 Å². The van der Waals surface area contributed by atoms with Crippen molar-refractivity contribution in [2.24, 2.45) is 5.92 Å². The second-order valence-corrected chi connectivity index (χ2v) is 7.34. The zero-order chi connectivity index (χ0) is 17.8. The number of likely N-dealkylation sites (tertiary alicyclic amines) is 1. The molecule has 0 aromatic heterocycles. The molecule has 2 heterocycles. The molecule has 0 bridgehead atoms. The van der Waals surface area contributed by atoms with Crippen LogP contribution in [0.2, 0.25) is 0 Å². The van der Waals surface area contributed by atoms with Gasteiger partial charge in [0.2, 0.25) is 0 Å². The summed E-state index contributed by atoms with van der Waals surface area (Å²) in [5.74, 6) is 0.931. The summed E-state index contributed by atoms with van der Waals surface area (Å²) >= 11 is 0. The third-order valence-corrected chi connectivity index (χ3v) is 5.58. The lowest BCUT2D eigenvalue weighted by molar-refractivity contribution is 0.0962. The molecular formula is C23H25NO2.